The van der Waals surface area contributed by atoms with Crippen LogP contribution in [0.1, 0.15) is 121 Å². The van der Waals surface area contributed by atoms with Gasteiger partial charge in [-0.25, -0.2) is 14.4 Å². The second kappa shape index (κ2) is 22.5. The van der Waals surface area contributed by atoms with Crippen molar-refractivity contribution in [2.45, 2.75) is 232 Å². The highest BCUT2D eigenvalue weighted by Gasteiger charge is 2.74. The summed E-state index contributed by atoms with van der Waals surface area (Å²) in [6, 6.07) is 0. The zero-order valence-electron chi connectivity index (χ0n) is 47.3. The van der Waals surface area contributed by atoms with Crippen LogP contribution in [-0.2, 0) is 52.3 Å². The summed E-state index contributed by atoms with van der Waals surface area (Å²) in [5.74, 6) is -3.40. The molecule has 0 amide bonds. The average molecular weight is 1130 g/mol. The molecule has 7 fully saturated rings. The lowest BCUT2D eigenvalue weighted by atomic mass is 9.33. The number of fused-ring (bicyclic) bond motifs is 7. The topological polar surface area (TPSA) is 348 Å². The van der Waals surface area contributed by atoms with Gasteiger partial charge in [-0.1, -0.05) is 72.3 Å². The lowest BCUT2D eigenvalue weighted by Gasteiger charge is -2.72. The van der Waals surface area contributed by atoms with Crippen molar-refractivity contribution in [3.8, 4) is 0 Å². The molecule has 22 nitrogen and oxygen atoms in total. The molecule has 4 saturated carbocycles. The number of ether oxygens (including phenoxy) is 8. The Kier molecular flexibility index (Phi) is 17.7. The van der Waals surface area contributed by atoms with Gasteiger partial charge in [-0.15, -0.1) is 0 Å². The smallest absolute Gasteiger partial charge is 0.335 e. The van der Waals surface area contributed by atoms with Gasteiger partial charge in [-0.3, -0.25) is 0 Å². The van der Waals surface area contributed by atoms with E-state index in [0.29, 0.717) is 49.7 Å². The van der Waals surface area contributed by atoms with Gasteiger partial charge in [-0.05, 0) is 112 Å². The Morgan fingerprint density at radius 2 is 1.19 bits per heavy atom. The van der Waals surface area contributed by atoms with Crippen LogP contribution < -0.4 is 0 Å². The fourth-order valence-corrected chi connectivity index (χ4v) is 16.2. The number of esters is 2. The van der Waals surface area contributed by atoms with Crippen molar-refractivity contribution >= 4 is 17.9 Å². The van der Waals surface area contributed by atoms with Crippen molar-refractivity contribution in [3.63, 3.8) is 0 Å². The van der Waals surface area contributed by atoms with Crippen LogP contribution in [0, 0.1) is 50.2 Å². The van der Waals surface area contributed by atoms with Crippen LogP contribution in [0.5, 0.6) is 0 Å². The van der Waals surface area contributed by atoms with Crippen LogP contribution >= 0.6 is 0 Å². The predicted molar refractivity (Wildman–Crippen MR) is 275 cm³/mol. The summed E-state index contributed by atoms with van der Waals surface area (Å²) in [7, 11) is 0. The van der Waals surface area contributed by atoms with E-state index in [1.54, 1.807) is 39.8 Å². The molecule has 0 aromatic carbocycles. The van der Waals surface area contributed by atoms with Crippen LogP contribution in [0.25, 0.3) is 0 Å². The number of hydrogen-bond acceptors (Lipinski definition) is 21. The van der Waals surface area contributed by atoms with E-state index in [1.165, 1.54) is 0 Å². The highest BCUT2D eigenvalue weighted by atomic mass is 16.8. The predicted octanol–water partition coefficient (Wildman–Crippen LogP) is 1.29. The van der Waals surface area contributed by atoms with Crippen molar-refractivity contribution < 1.29 is 108 Å². The summed E-state index contributed by atoms with van der Waals surface area (Å²) in [6.07, 6.45) is -20.2. The molecule has 0 radical (unpaired) electrons. The molecular weight excluding hydrogens is 1040 g/mol. The Balaban J connectivity index is 1.12. The van der Waals surface area contributed by atoms with E-state index in [-0.39, 0.29) is 23.7 Å². The molecule has 25 atom stereocenters. The maximum atomic E-state index is 13.8. The number of carboxylic acids is 1. The molecule has 11 N–H and O–H groups in total. The molecule has 3 saturated heterocycles. The number of aliphatic hydroxyl groups excluding tert-OH is 10. The second-order valence-electron chi connectivity index (χ2n) is 26.0. The Bertz CT molecular complexity index is 2350. The lowest BCUT2D eigenvalue weighted by molar-refractivity contribution is -0.386. The number of aliphatic hydroxyl groups is 10. The molecule has 3 aliphatic heterocycles. The van der Waals surface area contributed by atoms with Crippen LogP contribution in [-0.4, -0.2) is 204 Å². The van der Waals surface area contributed by atoms with Crippen molar-refractivity contribution in [2.75, 3.05) is 19.8 Å². The molecule has 0 spiro atoms. The molecule has 0 aromatic rings. The van der Waals surface area contributed by atoms with E-state index < -0.39 is 181 Å². The van der Waals surface area contributed by atoms with Crippen molar-refractivity contribution in [1.82, 2.24) is 0 Å². The molecule has 17 unspecified atom stereocenters. The first-order valence-electron chi connectivity index (χ1n) is 28.0. The summed E-state index contributed by atoms with van der Waals surface area (Å²) in [5.41, 5.74) is -2.71. The maximum absolute atomic E-state index is 13.8. The first-order chi connectivity index (χ1) is 36.9. The first-order valence-corrected chi connectivity index (χ1v) is 28.0. The van der Waals surface area contributed by atoms with Gasteiger partial charge in [0, 0.05) is 16.6 Å². The van der Waals surface area contributed by atoms with E-state index in [2.05, 4.69) is 40.7 Å². The Labute approximate surface area is 461 Å². The zero-order chi connectivity index (χ0) is 58.4. The molecule has 0 aromatic heterocycles. The number of allylic oxidation sites excluding steroid dienone is 4. The van der Waals surface area contributed by atoms with Crippen molar-refractivity contribution in [3.05, 3.63) is 34.9 Å². The van der Waals surface area contributed by atoms with Crippen LogP contribution in [0.3, 0.4) is 0 Å². The number of carboxylic acid groups (broad SMARTS) is 1. The summed E-state index contributed by atoms with van der Waals surface area (Å²) >= 11 is 0. The maximum Gasteiger partial charge on any atom is 0.335 e. The number of carbonyl (C=O) groups excluding carboxylic acids is 2. The van der Waals surface area contributed by atoms with Gasteiger partial charge < -0.3 is 94.1 Å². The molecule has 3 heterocycles. The minimum absolute atomic E-state index is 0.0232. The van der Waals surface area contributed by atoms with Gasteiger partial charge in [0.2, 0.25) is 0 Å². The van der Waals surface area contributed by atoms with E-state index in [4.69, 9.17) is 37.9 Å². The highest BCUT2D eigenvalue weighted by molar-refractivity contribution is 5.89. The third kappa shape index (κ3) is 9.99. The monoisotopic (exact) mass is 1120 g/mol. The number of rotatable bonds is 14. The molecule has 8 rings (SSSR count). The van der Waals surface area contributed by atoms with Crippen molar-refractivity contribution in [1.29, 1.82) is 0 Å². The van der Waals surface area contributed by atoms with E-state index in [9.17, 15) is 70.6 Å². The van der Waals surface area contributed by atoms with Crippen LogP contribution in [0.15, 0.2) is 34.9 Å². The number of hydrogen-bond donors (Lipinski definition) is 11. The third-order valence-corrected chi connectivity index (χ3v) is 21.3. The molecule has 79 heavy (non-hydrogen) atoms. The minimum Gasteiger partial charge on any atom is -0.479 e. The van der Waals surface area contributed by atoms with Crippen LogP contribution in [0.2, 0.25) is 0 Å². The summed E-state index contributed by atoms with van der Waals surface area (Å²) in [5, 5.41) is 121. The summed E-state index contributed by atoms with van der Waals surface area (Å²) < 4.78 is 49.2. The Morgan fingerprint density at radius 3 is 1.73 bits per heavy atom. The molecule has 448 valence electrons. The molecule has 0 bridgehead atoms. The average Bonchev–Trinajstić information content (AvgIpc) is 3.87. The Hall–Kier alpha value is -3.01. The second-order valence-corrected chi connectivity index (χ2v) is 26.0. The van der Waals surface area contributed by atoms with Crippen LogP contribution in [0.4, 0.5) is 0 Å². The zero-order valence-corrected chi connectivity index (χ0v) is 47.3. The highest BCUT2D eigenvalue weighted by Crippen LogP contribution is 2.76. The van der Waals surface area contributed by atoms with Gasteiger partial charge in [0.1, 0.15) is 67.1 Å². The Morgan fingerprint density at radius 1 is 0.646 bits per heavy atom. The molecular formula is C57H88O22. The van der Waals surface area contributed by atoms with Gasteiger partial charge in [0.15, 0.2) is 31.1 Å². The number of carbonyl (C=O) groups is 3. The normalized spacial score (nSPS) is 48.6. The standard InChI is InChI=1S/C57H88O22/c1-12-25(3)47(70)78-44-45(79-48(71)26(4)13-2)57(24-60)28(20-52(44,5)6)27-14-15-32-54(9)18-17-34(53(7,8)31(54)16-19-55(32,10)56(27,11)21-33(57)61)74-51-43(77-50-39(66)37(64)35(62)29(22-58)72-50)41(40(67)42(76-51)46(68)69)75-49-38(65)36(63)30(23-59)73-49/h12-14,28-45,49-51,58-67H,15-24H2,1-11H3,(H,68,69)/b25-12-,26-13-/t28?,29?,30?,31?,32?,33-,34+,35?,36?,37?,38?,39?,40?,41?,42?,43?,44+,45+,49?,50?,51?,54+,55-,56-,57+/m1/s1. The van der Waals surface area contributed by atoms with Gasteiger partial charge in [0.25, 0.3) is 0 Å². The third-order valence-electron chi connectivity index (χ3n) is 21.3. The molecule has 22 heteroatoms. The molecule has 8 aliphatic rings. The van der Waals surface area contributed by atoms with Gasteiger partial charge in [0.05, 0.1) is 37.4 Å². The minimum atomic E-state index is -2.10. The largest absolute Gasteiger partial charge is 0.479 e. The molecule has 5 aliphatic carbocycles. The van der Waals surface area contributed by atoms with Gasteiger partial charge >= 0.3 is 17.9 Å². The van der Waals surface area contributed by atoms with E-state index in [0.717, 1.165) is 5.57 Å². The lowest BCUT2D eigenvalue weighted by Crippen LogP contribution is -2.72. The first kappa shape index (κ1) is 62.0. The van der Waals surface area contributed by atoms with E-state index in [1.807, 2.05) is 13.8 Å². The van der Waals surface area contributed by atoms with Crippen molar-refractivity contribution in [2.24, 2.45) is 50.2 Å². The van der Waals surface area contributed by atoms with Gasteiger partial charge in [-0.2, -0.15) is 0 Å². The fourth-order valence-electron chi connectivity index (χ4n) is 16.2. The van der Waals surface area contributed by atoms with E-state index >= 15 is 0 Å². The fraction of sp³-hybridized carbons (Fsp3) is 0.842. The summed E-state index contributed by atoms with van der Waals surface area (Å²) in [4.78, 5) is 40.3. The SMILES string of the molecule is C/C=C(/C)C(=O)O[C@H]1[C@H](OC(=O)/C(C)=C\C)[C@@]2(CO)C(CC1(C)C)C1=CCC3[C@@]4(C)CC[C@H](OC5OC(C(=O)O)C(O)C(OC6OC(CO)C(O)C6O)C5OC5OC(CO)C(O)C(O)C5O)C(C)(C)C4CC[C@@]3(C)[C@]1(C)C[C@H]2O. The summed E-state index contributed by atoms with van der Waals surface area (Å²) in [6.45, 7) is 19.4. The quantitative estimate of drug-likeness (QED) is 0.0505. The number of aliphatic carboxylic acids is 1.